The summed E-state index contributed by atoms with van der Waals surface area (Å²) in [4.78, 5) is 23.8. The average Bonchev–Trinajstić information content (AvgIpc) is 3.45. The van der Waals surface area contributed by atoms with Crippen molar-refractivity contribution in [2.24, 2.45) is 0 Å². The molecule has 1 aliphatic carbocycles. The van der Waals surface area contributed by atoms with Gasteiger partial charge in [0.25, 0.3) is 5.56 Å². The summed E-state index contributed by atoms with van der Waals surface area (Å²) >= 11 is 0. The molecule has 1 fully saturated rings. The molecule has 0 bridgehead atoms. The SMILES string of the molecule is Cc1cc(C)c2[nH]c(=O)c([C@H](c3nnnn3C3CCCCC3)N(Cc3ccccc3)Cc3cccnc3)cc2c1. The van der Waals surface area contributed by atoms with E-state index in [1.165, 1.54) is 6.42 Å². The van der Waals surface area contributed by atoms with Crippen molar-refractivity contribution in [1.29, 1.82) is 0 Å². The number of aryl methyl sites for hydroxylation is 2. The van der Waals surface area contributed by atoms with Crippen molar-refractivity contribution >= 4 is 10.9 Å². The number of pyridine rings is 2. The fourth-order valence-corrected chi connectivity index (χ4v) is 6.15. The highest BCUT2D eigenvalue weighted by Gasteiger charge is 2.33. The van der Waals surface area contributed by atoms with Crippen LogP contribution in [0.25, 0.3) is 10.9 Å². The molecule has 0 unspecified atom stereocenters. The standard InChI is InChI=1S/C32H35N7O/c1-22-16-23(2)29-26(17-22)18-28(32(40)34-29)30(31-35-36-37-39(31)27-13-7-4-8-14-27)38(20-24-10-5-3-6-11-24)21-25-12-9-15-33-19-25/h3,5-6,9-12,15-19,27,30H,4,7-8,13-14,20-21H2,1-2H3,(H,34,40)/t30-/m1/s1. The monoisotopic (exact) mass is 533 g/mol. The smallest absolute Gasteiger partial charge is 0.253 e. The van der Waals surface area contributed by atoms with Crippen LogP contribution in [0.2, 0.25) is 0 Å². The zero-order valence-electron chi connectivity index (χ0n) is 23.1. The zero-order chi connectivity index (χ0) is 27.5. The van der Waals surface area contributed by atoms with Crippen molar-refractivity contribution in [2.45, 2.75) is 71.1 Å². The normalized spacial score (nSPS) is 15.1. The molecule has 0 radical (unpaired) electrons. The van der Waals surface area contributed by atoms with E-state index in [0.29, 0.717) is 24.5 Å². The van der Waals surface area contributed by atoms with Gasteiger partial charge in [0.05, 0.1) is 11.6 Å². The van der Waals surface area contributed by atoms with Gasteiger partial charge in [-0.1, -0.05) is 67.3 Å². The number of aromatic nitrogens is 6. The first-order valence-corrected chi connectivity index (χ1v) is 14.2. The minimum absolute atomic E-state index is 0.119. The topological polar surface area (TPSA) is 92.6 Å². The third-order valence-corrected chi connectivity index (χ3v) is 8.00. The first-order valence-electron chi connectivity index (χ1n) is 14.2. The highest BCUT2D eigenvalue weighted by molar-refractivity contribution is 5.83. The van der Waals surface area contributed by atoms with Gasteiger partial charge in [-0.3, -0.25) is 14.7 Å². The molecule has 0 spiro atoms. The van der Waals surface area contributed by atoms with Gasteiger partial charge in [-0.15, -0.1) is 5.10 Å². The molecule has 1 N–H and O–H groups in total. The van der Waals surface area contributed by atoms with E-state index in [0.717, 1.165) is 58.8 Å². The number of hydrogen-bond donors (Lipinski definition) is 1. The number of tetrazole rings is 1. The summed E-state index contributed by atoms with van der Waals surface area (Å²) in [7, 11) is 0. The Kier molecular flexibility index (Phi) is 7.51. The molecule has 2 aromatic carbocycles. The molecule has 8 nitrogen and oxygen atoms in total. The van der Waals surface area contributed by atoms with Crippen LogP contribution in [-0.4, -0.2) is 35.1 Å². The van der Waals surface area contributed by atoms with Crippen molar-refractivity contribution in [3.05, 3.63) is 117 Å². The molecule has 40 heavy (non-hydrogen) atoms. The Morgan fingerprint density at radius 3 is 2.52 bits per heavy atom. The fraction of sp³-hybridized carbons (Fsp3) is 0.344. The summed E-state index contributed by atoms with van der Waals surface area (Å²) in [5.41, 5.74) is 5.81. The van der Waals surface area contributed by atoms with Crippen LogP contribution in [0.5, 0.6) is 0 Å². The number of rotatable bonds is 8. The van der Waals surface area contributed by atoms with Gasteiger partial charge in [0.15, 0.2) is 5.82 Å². The maximum atomic E-state index is 13.9. The molecule has 3 aromatic heterocycles. The quantitative estimate of drug-likeness (QED) is 0.270. The predicted octanol–water partition coefficient (Wildman–Crippen LogP) is 5.82. The van der Waals surface area contributed by atoms with Crippen LogP contribution < -0.4 is 5.56 Å². The highest BCUT2D eigenvalue weighted by Crippen LogP contribution is 2.34. The Balaban J connectivity index is 1.55. The van der Waals surface area contributed by atoms with Crippen LogP contribution in [-0.2, 0) is 13.1 Å². The summed E-state index contributed by atoms with van der Waals surface area (Å²) in [6.07, 6.45) is 9.31. The second-order valence-corrected chi connectivity index (χ2v) is 11.0. The number of hydrogen-bond acceptors (Lipinski definition) is 6. The van der Waals surface area contributed by atoms with E-state index in [1.54, 1.807) is 6.20 Å². The third kappa shape index (κ3) is 5.45. The van der Waals surface area contributed by atoms with Crippen LogP contribution in [0.15, 0.2) is 77.9 Å². The lowest BCUT2D eigenvalue weighted by Crippen LogP contribution is -2.35. The Labute approximate surface area is 234 Å². The second kappa shape index (κ2) is 11.5. The third-order valence-electron chi connectivity index (χ3n) is 8.00. The maximum Gasteiger partial charge on any atom is 0.253 e. The molecule has 0 aliphatic heterocycles. The molecule has 6 rings (SSSR count). The fourth-order valence-electron chi connectivity index (χ4n) is 6.15. The molecule has 3 heterocycles. The van der Waals surface area contributed by atoms with E-state index in [4.69, 9.17) is 0 Å². The molecule has 1 saturated carbocycles. The molecule has 1 atom stereocenters. The van der Waals surface area contributed by atoms with Gasteiger partial charge in [-0.25, -0.2) is 4.68 Å². The van der Waals surface area contributed by atoms with E-state index in [-0.39, 0.29) is 11.6 Å². The Bertz CT molecular complexity index is 1600. The molecular weight excluding hydrogens is 498 g/mol. The molecular formula is C32H35N7O. The molecule has 0 saturated heterocycles. The number of H-pyrrole nitrogens is 1. The molecule has 0 amide bonds. The van der Waals surface area contributed by atoms with Gasteiger partial charge in [0, 0.05) is 31.0 Å². The van der Waals surface area contributed by atoms with Gasteiger partial charge >= 0.3 is 0 Å². The first kappa shape index (κ1) is 26.1. The molecule has 204 valence electrons. The Morgan fingerprint density at radius 2 is 1.75 bits per heavy atom. The Morgan fingerprint density at radius 1 is 0.975 bits per heavy atom. The second-order valence-electron chi connectivity index (χ2n) is 11.0. The lowest BCUT2D eigenvalue weighted by molar-refractivity contribution is 0.186. The number of aromatic amines is 1. The van der Waals surface area contributed by atoms with Gasteiger partial charge in [0.2, 0.25) is 0 Å². The number of nitrogens with one attached hydrogen (secondary N) is 1. The van der Waals surface area contributed by atoms with Gasteiger partial charge < -0.3 is 4.98 Å². The summed E-state index contributed by atoms with van der Waals surface area (Å²) in [6.45, 7) is 5.32. The predicted molar refractivity (Wildman–Crippen MR) is 156 cm³/mol. The average molecular weight is 534 g/mol. The van der Waals surface area contributed by atoms with Crippen molar-refractivity contribution in [2.75, 3.05) is 0 Å². The first-order chi connectivity index (χ1) is 19.6. The summed E-state index contributed by atoms with van der Waals surface area (Å²) in [5, 5.41) is 14.3. The molecule has 5 aromatic rings. The van der Waals surface area contributed by atoms with Crippen LogP contribution in [0.3, 0.4) is 0 Å². The number of nitrogens with zero attached hydrogens (tertiary/aromatic N) is 6. The molecule has 8 heteroatoms. The van der Waals surface area contributed by atoms with Crippen LogP contribution in [0, 0.1) is 13.8 Å². The maximum absolute atomic E-state index is 13.9. The lowest BCUT2D eigenvalue weighted by Gasteiger charge is -2.32. The van der Waals surface area contributed by atoms with Crippen molar-refractivity contribution in [3.63, 3.8) is 0 Å². The van der Waals surface area contributed by atoms with Crippen LogP contribution in [0.4, 0.5) is 0 Å². The summed E-state index contributed by atoms with van der Waals surface area (Å²) in [5.74, 6) is 0.709. The Hall–Kier alpha value is -4.17. The highest BCUT2D eigenvalue weighted by atomic mass is 16.1. The zero-order valence-corrected chi connectivity index (χ0v) is 23.1. The van der Waals surface area contributed by atoms with E-state index >= 15 is 0 Å². The van der Waals surface area contributed by atoms with Crippen molar-refractivity contribution in [3.8, 4) is 0 Å². The lowest BCUT2D eigenvalue weighted by atomic mass is 9.94. The summed E-state index contributed by atoms with van der Waals surface area (Å²) in [6, 6.07) is 20.4. The number of fused-ring (bicyclic) bond motifs is 1. The minimum atomic E-state index is -0.466. The van der Waals surface area contributed by atoms with Gasteiger partial charge in [0.1, 0.15) is 6.04 Å². The van der Waals surface area contributed by atoms with Crippen LogP contribution in [0.1, 0.15) is 77.8 Å². The van der Waals surface area contributed by atoms with Crippen molar-refractivity contribution in [1.82, 2.24) is 35.1 Å². The van der Waals surface area contributed by atoms with Gasteiger partial charge in [-0.05, 0) is 77.4 Å². The molecule has 1 aliphatic rings. The largest absolute Gasteiger partial charge is 0.321 e. The van der Waals surface area contributed by atoms with E-state index < -0.39 is 6.04 Å². The van der Waals surface area contributed by atoms with Crippen molar-refractivity contribution < 1.29 is 0 Å². The number of benzene rings is 2. The van der Waals surface area contributed by atoms with E-state index in [1.807, 2.05) is 48.1 Å². The van der Waals surface area contributed by atoms with E-state index in [2.05, 4.69) is 67.6 Å². The summed E-state index contributed by atoms with van der Waals surface area (Å²) < 4.78 is 2.00. The van der Waals surface area contributed by atoms with Gasteiger partial charge in [-0.2, -0.15) is 0 Å². The van der Waals surface area contributed by atoms with Crippen LogP contribution >= 0.6 is 0 Å². The minimum Gasteiger partial charge on any atom is -0.321 e. The van der Waals surface area contributed by atoms with E-state index in [9.17, 15) is 4.79 Å².